The lowest BCUT2D eigenvalue weighted by Gasteiger charge is -2.22. The molecule has 0 bridgehead atoms. The zero-order chi connectivity index (χ0) is 20.2. The first-order chi connectivity index (χ1) is 12.6. The first-order valence-electron chi connectivity index (χ1n) is 8.30. The van der Waals surface area contributed by atoms with Gasteiger partial charge in [0.05, 0.1) is 0 Å². The number of anilines is 1. The van der Waals surface area contributed by atoms with Crippen LogP contribution in [0.2, 0.25) is 0 Å². The number of nitrogens with one attached hydrogen (secondary N) is 2. The van der Waals surface area contributed by atoms with Gasteiger partial charge in [0.1, 0.15) is 16.8 Å². The first kappa shape index (κ1) is 20.7. The Hall–Kier alpha value is -2.58. The predicted molar refractivity (Wildman–Crippen MR) is 100 cm³/mol. The van der Waals surface area contributed by atoms with Crippen molar-refractivity contribution in [2.75, 3.05) is 5.32 Å². The maximum Gasteiger partial charge on any atom is 0.244 e. The summed E-state index contributed by atoms with van der Waals surface area (Å²) < 4.78 is 41.1. The lowest BCUT2D eigenvalue weighted by molar-refractivity contribution is -0.118. The summed E-state index contributed by atoms with van der Waals surface area (Å²) in [5, 5.41) is 2.61. The lowest BCUT2D eigenvalue weighted by Crippen LogP contribution is -2.47. The highest BCUT2D eigenvalue weighted by molar-refractivity contribution is 7.89. The molecule has 2 aromatic carbocycles. The molecule has 2 N–H and O–H groups in total. The summed E-state index contributed by atoms with van der Waals surface area (Å²) in [4.78, 5) is 23.3. The summed E-state index contributed by atoms with van der Waals surface area (Å²) in [6.07, 6.45) is 0. The van der Waals surface area contributed by atoms with Crippen LogP contribution in [0.4, 0.5) is 10.1 Å². The van der Waals surface area contributed by atoms with Crippen LogP contribution < -0.4 is 10.0 Å². The molecule has 0 aromatic heterocycles. The van der Waals surface area contributed by atoms with E-state index in [0.29, 0.717) is 11.3 Å². The molecule has 8 heteroatoms. The third-order valence-electron chi connectivity index (χ3n) is 3.92. The molecule has 0 spiro atoms. The van der Waals surface area contributed by atoms with E-state index in [0.717, 1.165) is 12.1 Å². The molecule has 0 radical (unpaired) electrons. The van der Waals surface area contributed by atoms with Crippen LogP contribution >= 0.6 is 0 Å². The number of amides is 1. The molecule has 0 aliphatic carbocycles. The third-order valence-corrected chi connectivity index (χ3v) is 5.39. The van der Waals surface area contributed by atoms with Gasteiger partial charge in [0, 0.05) is 11.3 Å². The second-order valence-electron chi connectivity index (χ2n) is 6.40. The lowest BCUT2D eigenvalue weighted by atomic mass is 10.0. The number of ketones is 1. The Morgan fingerprint density at radius 2 is 1.59 bits per heavy atom. The summed E-state index contributed by atoms with van der Waals surface area (Å²) in [5.41, 5.74) is 0.911. The van der Waals surface area contributed by atoms with Crippen molar-refractivity contribution in [3.05, 3.63) is 59.9 Å². The fourth-order valence-corrected chi connectivity index (χ4v) is 3.82. The van der Waals surface area contributed by atoms with Crippen LogP contribution in [0.3, 0.4) is 0 Å². The molecule has 0 aliphatic rings. The zero-order valence-corrected chi connectivity index (χ0v) is 16.0. The van der Waals surface area contributed by atoms with Crippen molar-refractivity contribution in [2.45, 2.75) is 31.7 Å². The van der Waals surface area contributed by atoms with E-state index in [-0.39, 0.29) is 11.7 Å². The van der Waals surface area contributed by atoms with Crippen LogP contribution in [0.5, 0.6) is 0 Å². The minimum Gasteiger partial charge on any atom is -0.325 e. The fourth-order valence-electron chi connectivity index (χ4n) is 2.39. The van der Waals surface area contributed by atoms with Crippen molar-refractivity contribution < 1.29 is 22.4 Å². The number of Topliss-reactive ketones (excluding diaryl/α,β-unsaturated/α-hetero) is 1. The van der Waals surface area contributed by atoms with Crippen LogP contribution in [0.25, 0.3) is 0 Å². The topological polar surface area (TPSA) is 92.3 Å². The summed E-state index contributed by atoms with van der Waals surface area (Å²) in [6, 6.07) is 10.1. The Kier molecular flexibility index (Phi) is 6.45. The molecule has 6 nitrogen and oxygen atoms in total. The van der Waals surface area contributed by atoms with Crippen molar-refractivity contribution in [1.29, 1.82) is 0 Å². The van der Waals surface area contributed by atoms with Gasteiger partial charge in [-0.15, -0.1) is 0 Å². The van der Waals surface area contributed by atoms with E-state index in [1.165, 1.54) is 19.1 Å². The number of carbonyl (C=O) groups excluding carboxylic acids is 2. The molecule has 1 amide bonds. The van der Waals surface area contributed by atoms with Crippen LogP contribution in [0.1, 0.15) is 31.1 Å². The van der Waals surface area contributed by atoms with Crippen LogP contribution in [-0.4, -0.2) is 26.2 Å². The van der Waals surface area contributed by atoms with Gasteiger partial charge in [0.2, 0.25) is 15.9 Å². The van der Waals surface area contributed by atoms with Crippen LogP contribution in [0.15, 0.2) is 53.4 Å². The number of carbonyl (C=O) groups is 2. The second kappa shape index (κ2) is 8.41. The highest BCUT2D eigenvalue weighted by atomic mass is 32.2. The van der Waals surface area contributed by atoms with Crippen molar-refractivity contribution in [1.82, 2.24) is 4.72 Å². The minimum absolute atomic E-state index is 0.106. The van der Waals surface area contributed by atoms with Gasteiger partial charge in [-0.3, -0.25) is 9.59 Å². The van der Waals surface area contributed by atoms with E-state index in [4.69, 9.17) is 0 Å². The Morgan fingerprint density at radius 3 is 2.11 bits per heavy atom. The number of sulfonamides is 1. The summed E-state index contributed by atoms with van der Waals surface area (Å²) in [5.74, 6) is -1.97. The van der Waals surface area contributed by atoms with Crippen molar-refractivity contribution in [2.24, 2.45) is 5.92 Å². The summed E-state index contributed by atoms with van der Waals surface area (Å²) in [6.45, 7) is 4.78. The Labute approximate surface area is 157 Å². The first-order valence-corrected chi connectivity index (χ1v) is 9.79. The van der Waals surface area contributed by atoms with E-state index >= 15 is 0 Å². The van der Waals surface area contributed by atoms with E-state index in [2.05, 4.69) is 10.0 Å². The van der Waals surface area contributed by atoms with Gasteiger partial charge in [0.25, 0.3) is 0 Å². The number of hydrogen-bond donors (Lipinski definition) is 2. The molecule has 1 atom stereocenters. The summed E-state index contributed by atoms with van der Waals surface area (Å²) in [7, 11) is -4.22. The Morgan fingerprint density at radius 1 is 1.00 bits per heavy atom. The van der Waals surface area contributed by atoms with Gasteiger partial charge < -0.3 is 5.32 Å². The molecule has 0 heterocycles. The van der Waals surface area contributed by atoms with E-state index in [1.807, 2.05) is 0 Å². The molecule has 0 fully saturated rings. The average molecular weight is 392 g/mol. The molecule has 27 heavy (non-hydrogen) atoms. The normalized spacial score (nSPS) is 12.6. The number of benzene rings is 2. The van der Waals surface area contributed by atoms with Crippen molar-refractivity contribution >= 4 is 27.4 Å². The van der Waals surface area contributed by atoms with Crippen LogP contribution in [-0.2, 0) is 14.8 Å². The van der Waals surface area contributed by atoms with Crippen molar-refractivity contribution in [3.8, 4) is 0 Å². The molecular weight excluding hydrogens is 371 g/mol. The number of halogens is 1. The third kappa shape index (κ3) is 5.21. The van der Waals surface area contributed by atoms with E-state index in [1.54, 1.807) is 38.1 Å². The fraction of sp³-hybridized carbons (Fsp3) is 0.263. The average Bonchev–Trinajstić information content (AvgIpc) is 2.60. The Balaban J connectivity index is 2.20. The quantitative estimate of drug-likeness (QED) is 0.709. The molecule has 144 valence electrons. The Bertz CT molecular complexity index is 940. The number of rotatable bonds is 7. The SMILES string of the molecule is CC(=O)c1ccc(NC(=O)[C@@H](NS(=O)(=O)c2ccccc2F)C(C)C)cc1. The minimum atomic E-state index is -4.22. The zero-order valence-electron chi connectivity index (χ0n) is 15.2. The predicted octanol–water partition coefficient (Wildman–Crippen LogP) is 2.97. The standard InChI is InChI=1S/C19H21FN2O4S/c1-12(2)18(22-27(25,26)17-7-5-4-6-16(17)20)19(24)21-15-10-8-14(9-11-15)13(3)23/h4-12,18,22H,1-3H3,(H,21,24)/t18-/m0/s1. The summed E-state index contributed by atoms with van der Waals surface area (Å²) >= 11 is 0. The molecule has 2 aromatic rings. The molecule has 0 saturated heterocycles. The van der Waals surface area contributed by atoms with E-state index in [9.17, 15) is 22.4 Å². The maximum absolute atomic E-state index is 13.8. The monoisotopic (exact) mass is 392 g/mol. The number of hydrogen-bond acceptors (Lipinski definition) is 4. The largest absolute Gasteiger partial charge is 0.325 e. The molecule has 2 rings (SSSR count). The van der Waals surface area contributed by atoms with Crippen LogP contribution in [0, 0.1) is 11.7 Å². The molecule has 0 unspecified atom stereocenters. The second-order valence-corrected chi connectivity index (χ2v) is 8.08. The van der Waals surface area contributed by atoms with Gasteiger partial charge in [-0.25, -0.2) is 12.8 Å². The smallest absolute Gasteiger partial charge is 0.244 e. The highest BCUT2D eigenvalue weighted by Gasteiger charge is 2.29. The molecule has 0 saturated carbocycles. The van der Waals surface area contributed by atoms with Gasteiger partial charge in [-0.2, -0.15) is 4.72 Å². The molecule has 0 aliphatic heterocycles. The van der Waals surface area contributed by atoms with Gasteiger partial charge in [-0.05, 0) is 49.2 Å². The van der Waals surface area contributed by atoms with Crippen molar-refractivity contribution in [3.63, 3.8) is 0 Å². The van der Waals surface area contributed by atoms with Gasteiger partial charge >= 0.3 is 0 Å². The van der Waals surface area contributed by atoms with Gasteiger partial charge in [0.15, 0.2) is 5.78 Å². The molecular formula is C19H21FN2O4S. The highest BCUT2D eigenvalue weighted by Crippen LogP contribution is 2.17. The maximum atomic E-state index is 13.8. The van der Waals surface area contributed by atoms with Gasteiger partial charge in [-0.1, -0.05) is 26.0 Å². The van der Waals surface area contributed by atoms with E-state index < -0.39 is 32.7 Å².